The van der Waals surface area contributed by atoms with Gasteiger partial charge in [0.25, 0.3) is 0 Å². The lowest BCUT2D eigenvalue weighted by Crippen LogP contribution is -2.31. The molecule has 0 N–H and O–H groups in total. The highest BCUT2D eigenvalue weighted by atomic mass is 35.5. The van der Waals surface area contributed by atoms with E-state index in [1.165, 1.54) is 0 Å². The number of aryl methyl sites for hydroxylation is 1. The molecule has 160 valence electrons. The highest BCUT2D eigenvalue weighted by Gasteiger charge is 2.19. The van der Waals surface area contributed by atoms with Gasteiger partial charge in [-0.25, -0.2) is 0 Å². The predicted molar refractivity (Wildman–Crippen MR) is 116 cm³/mol. The highest BCUT2D eigenvalue weighted by molar-refractivity contribution is 7.08. The van der Waals surface area contributed by atoms with Crippen LogP contribution >= 0.6 is 22.9 Å². The summed E-state index contributed by atoms with van der Waals surface area (Å²) in [6.45, 7) is 2.81. The molecule has 0 aliphatic rings. The fourth-order valence-corrected chi connectivity index (χ4v) is 3.87. The smallest absolute Gasteiger partial charge is 0.249 e. The lowest BCUT2D eigenvalue weighted by molar-refractivity contribution is -0.132. The molecule has 0 aliphatic carbocycles. The number of halogens is 1. The van der Waals surface area contributed by atoms with Gasteiger partial charge in [0.1, 0.15) is 0 Å². The Labute approximate surface area is 187 Å². The van der Waals surface area contributed by atoms with Gasteiger partial charge in [-0.1, -0.05) is 35.8 Å². The van der Waals surface area contributed by atoms with Crippen LogP contribution in [0.1, 0.15) is 31.5 Å². The highest BCUT2D eigenvalue weighted by Crippen LogP contribution is 2.26. The first-order valence-electron chi connectivity index (χ1n) is 9.84. The summed E-state index contributed by atoms with van der Waals surface area (Å²) in [6.07, 6.45) is 1.42. The summed E-state index contributed by atoms with van der Waals surface area (Å²) < 4.78 is 11.0. The van der Waals surface area contributed by atoms with E-state index in [-0.39, 0.29) is 18.9 Å². The second kappa shape index (κ2) is 9.84. The molecule has 10 heteroatoms. The largest absolute Gasteiger partial charge is 0.419 e. The molecular formula is C21H20ClN5O3S. The van der Waals surface area contributed by atoms with Gasteiger partial charge in [-0.3, -0.25) is 4.79 Å². The van der Waals surface area contributed by atoms with Gasteiger partial charge in [-0.05, 0) is 30.0 Å². The van der Waals surface area contributed by atoms with Crippen molar-refractivity contribution in [2.24, 2.45) is 0 Å². The molecular weight excluding hydrogens is 438 g/mol. The van der Waals surface area contributed by atoms with Crippen molar-refractivity contribution in [2.45, 2.75) is 32.7 Å². The number of benzene rings is 1. The minimum absolute atomic E-state index is 0.0466. The van der Waals surface area contributed by atoms with Crippen molar-refractivity contribution in [1.29, 1.82) is 0 Å². The Morgan fingerprint density at radius 3 is 2.84 bits per heavy atom. The van der Waals surface area contributed by atoms with Gasteiger partial charge in [-0.15, -0.1) is 10.2 Å². The van der Waals surface area contributed by atoms with Gasteiger partial charge < -0.3 is 13.8 Å². The molecule has 0 aliphatic heterocycles. The molecule has 0 saturated heterocycles. The monoisotopic (exact) mass is 457 g/mol. The zero-order valence-electron chi connectivity index (χ0n) is 16.8. The maximum atomic E-state index is 12.8. The van der Waals surface area contributed by atoms with Crippen molar-refractivity contribution < 1.29 is 13.7 Å². The third kappa shape index (κ3) is 5.18. The average molecular weight is 458 g/mol. The number of aromatic nitrogens is 4. The van der Waals surface area contributed by atoms with E-state index in [0.29, 0.717) is 47.0 Å². The van der Waals surface area contributed by atoms with E-state index < -0.39 is 0 Å². The van der Waals surface area contributed by atoms with Crippen LogP contribution in [0.5, 0.6) is 0 Å². The Kier molecular flexibility index (Phi) is 6.73. The van der Waals surface area contributed by atoms with E-state index in [1.54, 1.807) is 22.3 Å². The number of nitrogens with zero attached hydrogens (tertiary/aromatic N) is 5. The molecule has 0 atom stereocenters. The summed E-state index contributed by atoms with van der Waals surface area (Å²) >= 11 is 7.76. The summed E-state index contributed by atoms with van der Waals surface area (Å²) in [6, 6.07) is 9.17. The average Bonchev–Trinajstić information content (AvgIpc) is 3.53. The Bertz CT molecular complexity index is 1140. The van der Waals surface area contributed by atoms with Crippen LogP contribution in [0.15, 0.2) is 50.0 Å². The molecule has 0 saturated carbocycles. The van der Waals surface area contributed by atoms with Crippen LogP contribution in [0.25, 0.3) is 22.8 Å². The van der Waals surface area contributed by atoms with Crippen LogP contribution < -0.4 is 0 Å². The van der Waals surface area contributed by atoms with Crippen LogP contribution in [0.2, 0.25) is 5.02 Å². The number of hydrogen-bond donors (Lipinski definition) is 0. The quantitative estimate of drug-likeness (QED) is 0.353. The number of thiophene rings is 1. The molecule has 0 unspecified atom stereocenters. The summed E-state index contributed by atoms with van der Waals surface area (Å²) in [7, 11) is 0. The zero-order chi connectivity index (χ0) is 21.6. The van der Waals surface area contributed by atoms with Gasteiger partial charge in [0.15, 0.2) is 0 Å². The second-order valence-electron chi connectivity index (χ2n) is 6.82. The minimum atomic E-state index is -0.0466. The molecule has 0 fully saturated rings. The third-order valence-electron chi connectivity index (χ3n) is 4.54. The fourth-order valence-electron chi connectivity index (χ4n) is 3.02. The Morgan fingerprint density at radius 2 is 2.06 bits per heavy atom. The van der Waals surface area contributed by atoms with Gasteiger partial charge in [-0.2, -0.15) is 16.3 Å². The maximum Gasteiger partial charge on any atom is 0.249 e. The molecule has 1 aromatic carbocycles. The van der Waals surface area contributed by atoms with E-state index in [1.807, 2.05) is 41.9 Å². The fraction of sp³-hybridized carbons (Fsp3) is 0.286. The van der Waals surface area contributed by atoms with Crippen molar-refractivity contribution >= 4 is 28.8 Å². The standard InChI is InChI=1S/C21H20ClN5O3S/c1-2-10-27(12-18-24-25-21(29-18)15-5-3-4-6-16(15)22)19(28)8-7-17-23-20(26-30-17)14-9-11-31-13-14/h3-6,9,11,13H,2,7-8,10,12H2,1H3. The van der Waals surface area contributed by atoms with Crippen molar-refractivity contribution in [1.82, 2.24) is 25.2 Å². The molecule has 0 bridgehead atoms. The van der Waals surface area contributed by atoms with E-state index in [0.717, 1.165) is 12.0 Å². The number of carbonyl (C=O) groups excluding carboxylic acids is 1. The third-order valence-corrected chi connectivity index (χ3v) is 5.56. The normalized spacial score (nSPS) is 11.0. The van der Waals surface area contributed by atoms with Crippen molar-refractivity contribution in [3.05, 3.63) is 57.9 Å². The first-order valence-corrected chi connectivity index (χ1v) is 11.2. The maximum absolute atomic E-state index is 12.8. The molecule has 4 aromatic rings. The first kappa shape index (κ1) is 21.2. The molecule has 0 spiro atoms. The number of carbonyl (C=O) groups is 1. The topological polar surface area (TPSA) is 98.2 Å². The molecule has 3 heterocycles. The lowest BCUT2D eigenvalue weighted by atomic mass is 10.2. The van der Waals surface area contributed by atoms with Gasteiger partial charge >= 0.3 is 0 Å². The number of rotatable bonds is 9. The minimum Gasteiger partial charge on any atom is -0.419 e. The van der Waals surface area contributed by atoms with Crippen molar-refractivity contribution in [3.8, 4) is 22.8 Å². The lowest BCUT2D eigenvalue weighted by Gasteiger charge is -2.19. The van der Waals surface area contributed by atoms with Crippen molar-refractivity contribution in [3.63, 3.8) is 0 Å². The van der Waals surface area contributed by atoms with Crippen LogP contribution in [0.4, 0.5) is 0 Å². The molecule has 3 aromatic heterocycles. The van der Waals surface area contributed by atoms with Gasteiger partial charge in [0.05, 0.1) is 17.1 Å². The Balaban J connectivity index is 1.38. The summed E-state index contributed by atoms with van der Waals surface area (Å²) in [5.41, 5.74) is 1.57. The van der Waals surface area contributed by atoms with Gasteiger partial charge in [0.2, 0.25) is 29.4 Å². The number of amides is 1. The molecule has 0 radical (unpaired) electrons. The Hall–Kier alpha value is -3.04. The predicted octanol–water partition coefficient (Wildman–Crippen LogP) is 4.87. The van der Waals surface area contributed by atoms with Gasteiger partial charge in [0, 0.05) is 30.3 Å². The SMILES string of the molecule is CCCN(Cc1nnc(-c2ccccc2Cl)o1)C(=O)CCc1nc(-c2ccsc2)no1. The van der Waals surface area contributed by atoms with Crippen LogP contribution in [-0.2, 0) is 17.8 Å². The molecule has 31 heavy (non-hydrogen) atoms. The molecule has 4 rings (SSSR count). The summed E-state index contributed by atoms with van der Waals surface area (Å²) in [5.74, 6) is 1.61. The Morgan fingerprint density at radius 1 is 1.19 bits per heavy atom. The zero-order valence-corrected chi connectivity index (χ0v) is 18.4. The molecule has 8 nitrogen and oxygen atoms in total. The second-order valence-corrected chi connectivity index (χ2v) is 8.01. The summed E-state index contributed by atoms with van der Waals surface area (Å²) in [4.78, 5) is 18.9. The summed E-state index contributed by atoms with van der Waals surface area (Å²) in [5, 5.41) is 16.6. The van der Waals surface area contributed by atoms with Crippen LogP contribution in [0.3, 0.4) is 0 Å². The van der Waals surface area contributed by atoms with Crippen molar-refractivity contribution in [2.75, 3.05) is 6.54 Å². The van der Waals surface area contributed by atoms with E-state index in [2.05, 4.69) is 20.3 Å². The van der Waals surface area contributed by atoms with E-state index in [9.17, 15) is 4.79 Å². The molecule has 1 amide bonds. The van der Waals surface area contributed by atoms with E-state index >= 15 is 0 Å². The van der Waals surface area contributed by atoms with Crippen LogP contribution in [-0.4, -0.2) is 37.7 Å². The first-order chi connectivity index (χ1) is 15.1. The van der Waals surface area contributed by atoms with Crippen LogP contribution in [0, 0.1) is 0 Å². The van der Waals surface area contributed by atoms with E-state index in [4.69, 9.17) is 20.5 Å². The number of hydrogen-bond acceptors (Lipinski definition) is 8.